The molecule has 19 heavy (non-hydrogen) atoms. The van der Waals surface area contributed by atoms with Crippen LogP contribution in [0.25, 0.3) is 0 Å². The highest BCUT2D eigenvalue weighted by Crippen LogP contribution is 2.38. The second-order valence-electron chi connectivity index (χ2n) is 5.34. The SMILES string of the molecule is CCC1(CC)CCN(C(=O)c2ccc(N)nn2)CC1. The van der Waals surface area contributed by atoms with Crippen LogP contribution in [-0.2, 0) is 0 Å². The fraction of sp³-hybridized carbons (Fsp3) is 0.643. The first-order valence-corrected chi connectivity index (χ1v) is 6.99. The van der Waals surface area contributed by atoms with Gasteiger partial charge < -0.3 is 10.6 Å². The molecule has 5 nitrogen and oxygen atoms in total. The molecule has 0 saturated carbocycles. The minimum absolute atomic E-state index is 0.0340. The maximum Gasteiger partial charge on any atom is 0.274 e. The lowest BCUT2D eigenvalue weighted by Gasteiger charge is -2.40. The minimum Gasteiger partial charge on any atom is -0.382 e. The normalized spacial score (nSPS) is 18.3. The van der Waals surface area contributed by atoms with Crippen molar-refractivity contribution in [2.75, 3.05) is 18.8 Å². The summed E-state index contributed by atoms with van der Waals surface area (Å²) in [6.45, 7) is 6.11. The Hall–Kier alpha value is -1.65. The van der Waals surface area contributed by atoms with Crippen molar-refractivity contribution in [2.24, 2.45) is 5.41 Å². The third-order valence-corrected chi connectivity index (χ3v) is 4.52. The molecule has 1 amide bonds. The first-order chi connectivity index (χ1) is 9.10. The molecule has 5 heteroatoms. The van der Waals surface area contributed by atoms with Crippen molar-refractivity contribution < 1.29 is 4.79 Å². The summed E-state index contributed by atoms with van der Waals surface area (Å²) in [4.78, 5) is 14.2. The van der Waals surface area contributed by atoms with Gasteiger partial charge in [-0.15, -0.1) is 10.2 Å². The number of likely N-dealkylation sites (tertiary alicyclic amines) is 1. The molecule has 0 aromatic carbocycles. The average Bonchev–Trinajstić information content (AvgIpc) is 2.47. The lowest BCUT2D eigenvalue weighted by Crippen LogP contribution is -2.43. The Morgan fingerprint density at radius 1 is 1.26 bits per heavy atom. The topological polar surface area (TPSA) is 72.1 Å². The zero-order valence-electron chi connectivity index (χ0n) is 11.7. The summed E-state index contributed by atoms with van der Waals surface area (Å²) in [6, 6.07) is 3.26. The number of carbonyl (C=O) groups excluding carboxylic acids is 1. The number of nitrogens with two attached hydrogens (primary N) is 1. The van der Waals surface area contributed by atoms with Crippen LogP contribution in [0.3, 0.4) is 0 Å². The lowest BCUT2D eigenvalue weighted by atomic mass is 9.74. The second kappa shape index (κ2) is 5.55. The predicted octanol–water partition coefficient (Wildman–Crippen LogP) is 2.10. The van der Waals surface area contributed by atoms with E-state index in [2.05, 4.69) is 24.0 Å². The van der Waals surface area contributed by atoms with Crippen molar-refractivity contribution in [3.05, 3.63) is 17.8 Å². The van der Waals surface area contributed by atoms with Gasteiger partial charge in [-0.2, -0.15) is 0 Å². The number of aromatic nitrogens is 2. The molecule has 0 bridgehead atoms. The molecule has 2 rings (SSSR count). The first kappa shape index (κ1) is 13.8. The summed E-state index contributed by atoms with van der Waals surface area (Å²) < 4.78 is 0. The number of rotatable bonds is 3. The maximum atomic E-state index is 12.3. The number of hydrogen-bond acceptors (Lipinski definition) is 4. The van der Waals surface area contributed by atoms with E-state index >= 15 is 0 Å². The smallest absolute Gasteiger partial charge is 0.274 e. The molecule has 2 heterocycles. The van der Waals surface area contributed by atoms with E-state index in [9.17, 15) is 4.79 Å². The highest BCUT2D eigenvalue weighted by Gasteiger charge is 2.33. The molecule has 0 radical (unpaired) electrons. The van der Waals surface area contributed by atoms with Gasteiger partial charge in [0.05, 0.1) is 0 Å². The number of amides is 1. The van der Waals surface area contributed by atoms with Crippen molar-refractivity contribution in [3.8, 4) is 0 Å². The predicted molar refractivity (Wildman–Crippen MR) is 74.6 cm³/mol. The number of hydrogen-bond donors (Lipinski definition) is 1. The Kier molecular flexibility index (Phi) is 4.02. The van der Waals surface area contributed by atoms with Crippen LogP contribution in [0.5, 0.6) is 0 Å². The summed E-state index contributed by atoms with van der Waals surface area (Å²) >= 11 is 0. The van der Waals surface area contributed by atoms with Gasteiger partial charge in [0.25, 0.3) is 5.91 Å². The zero-order chi connectivity index (χ0) is 13.9. The third kappa shape index (κ3) is 2.85. The Morgan fingerprint density at radius 3 is 2.37 bits per heavy atom. The van der Waals surface area contributed by atoms with Gasteiger partial charge in [-0.05, 0) is 30.4 Å². The summed E-state index contributed by atoms with van der Waals surface area (Å²) in [5.74, 6) is 0.305. The highest BCUT2D eigenvalue weighted by molar-refractivity contribution is 5.92. The molecule has 1 saturated heterocycles. The second-order valence-corrected chi connectivity index (χ2v) is 5.34. The molecule has 1 aromatic heterocycles. The number of nitrogen functional groups attached to an aromatic ring is 1. The number of carbonyl (C=O) groups is 1. The highest BCUT2D eigenvalue weighted by atomic mass is 16.2. The zero-order valence-corrected chi connectivity index (χ0v) is 11.7. The van der Waals surface area contributed by atoms with Crippen molar-refractivity contribution in [3.63, 3.8) is 0 Å². The largest absolute Gasteiger partial charge is 0.382 e. The number of piperidine rings is 1. The van der Waals surface area contributed by atoms with Crippen LogP contribution in [0.2, 0.25) is 0 Å². The van der Waals surface area contributed by atoms with Crippen LogP contribution in [0.4, 0.5) is 5.82 Å². The van der Waals surface area contributed by atoms with E-state index in [0.717, 1.165) is 25.9 Å². The van der Waals surface area contributed by atoms with E-state index in [-0.39, 0.29) is 5.91 Å². The maximum absolute atomic E-state index is 12.3. The summed E-state index contributed by atoms with van der Waals surface area (Å²) in [5, 5.41) is 7.60. The Bertz CT molecular complexity index is 429. The van der Waals surface area contributed by atoms with Gasteiger partial charge in [0.15, 0.2) is 5.69 Å². The van der Waals surface area contributed by atoms with Gasteiger partial charge in [-0.3, -0.25) is 4.79 Å². The third-order valence-electron chi connectivity index (χ3n) is 4.52. The molecule has 0 spiro atoms. The van der Waals surface area contributed by atoms with E-state index < -0.39 is 0 Å². The van der Waals surface area contributed by atoms with Gasteiger partial charge in [0, 0.05) is 13.1 Å². The molecule has 104 valence electrons. The summed E-state index contributed by atoms with van der Waals surface area (Å²) in [6.07, 6.45) is 4.53. The lowest BCUT2D eigenvalue weighted by molar-refractivity contribution is 0.0551. The summed E-state index contributed by atoms with van der Waals surface area (Å²) in [7, 11) is 0. The van der Waals surface area contributed by atoms with Crippen molar-refractivity contribution >= 4 is 11.7 Å². The minimum atomic E-state index is -0.0340. The molecule has 1 aromatic rings. The molecule has 0 unspecified atom stereocenters. The molecule has 1 aliphatic rings. The number of nitrogens with zero attached hydrogens (tertiary/aromatic N) is 3. The van der Waals surface area contributed by atoms with E-state index in [0.29, 0.717) is 16.9 Å². The van der Waals surface area contributed by atoms with E-state index in [1.807, 2.05) is 4.90 Å². The van der Waals surface area contributed by atoms with Crippen LogP contribution < -0.4 is 5.73 Å². The van der Waals surface area contributed by atoms with Crippen LogP contribution >= 0.6 is 0 Å². The van der Waals surface area contributed by atoms with Gasteiger partial charge in [-0.1, -0.05) is 26.7 Å². The molecule has 0 atom stereocenters. The first-order valence-electron chi connectivity index (χ1n) is 6.99. The monoisotopic (exact) mass is 262 g/mol. The molecule has 1 fully saturated rings. The Balaban J connectivity index is 2.01. The fourth-order valence-electron chi connectivity index (χ4n) is 2.76. The molecule has 2 N–H and O–H groups in total. The van der Waals surface area contributed by atoms with Crippen molar-refractivity contribution in [1.29, 1.82) is 0 Å². The van der Waals surface area contributed by atoms with Gasteiger partial charge in [0.2, 0.25) is 0 Å². The van der Waals surface area contributed by atoms with Crippen LogP contribution in [0, 0.1) is 5.41 Å². The molecule has 0 aliphatic carbocycles. The molecule has 1 aliphatic heterocycles. The van der Waals surface area contributed by atoms with Gasteiger partial charge in [0.1, 0.15) is 5.82 Å². The van der Waals surface area contributed by atoms with Gasteiger partial charge in [-0.25, -0.2) is 0 Å². The van der Waals surface area contributed by atoms with Gasteiger partial charge >= 0.3 is 0 Å². The van der Waals surface area contributed by atoms with Crippen LogP contribution in [0.1, 0.15) is 50.0 Å². The van der Waals surface area contributed by atoms with Crippen molar-refractivity contribution in [2.45, 2.75) is 39.5 Å². The quantitative estimate of drug-likeness (QED) is 0.905. The Labute approximate surface area is 114 Å². The molecular weight excluding hydrogens is 240 g/mol. The fourth-order valence-corrected chi connectivity index (χ4v) is 2.76. The number of anilines is 1. The average molecular weight is 262 g/mol. The van der Waals surface area contributed by atoms with E-state index in [4.69, 9.17) is 5.73 Å². The summed E-state index contributed by atoms with van der Waals surface area (Å²) in [5.41, 5.74) is 6.28. The standard InChI is InChI=1S/C14H22N4O/c1-3-14(4-2)7-9-18(10-8-14)13(19)11-5-6-12(15)17-16-11/h5-6H,3-4,7-10H2,1-2H3,(H2,15,17). The Morgan fingerprint density at radius 2 is 1.89 bits per heavy atom. The van der Waals surface area contributed by atoms with E-state index in [1.54, 1.807) is 12.1 Å². The molecular formula is C14H22N4O. The van der Waals surface area contributed by atoms with Crippen LogP contribution in [0.15, 0.2) is 12.1 Å². The van der Waals surface area contributed by atoms with Crippen molar-refractivity contribution in [1.82, 2.24) is 15.1 Å². The van der Waals surface area contributed by atoms with Crippen LogP contribution in [-0.4, -0.2) is 34.1 Å². The van der Waals surface area contributed by atoms with E-state index in [1.165, 1.54) is 12.8 Å².